The highest BCUT2D eigenvalue weighted by molar-refractivity contribution is 8.01. The topological polar surface area (TPSA) is 56.0 Å². The van der Waals surface area contributed by atoms with Gasteiger partial charge in [-0.3, -0.25) is 4.79 Å². The Hall–Kier alpha value is -2.63. The maximum atomic E-state index is 12.5. The number of fused-ring (bicyclic) bond motifs is 1. The Labute approximate surface area is 159 Å². The molecule has 2 N–H and O–H groups in total. The standard InChI is InChI=1S/C21H16N2OS2/c22-17-10-11-18-20(12-17)26-21(23-18)25-13-19(24)16-8-6-15(7-9-16)14-4-2-1-3-5-14/h1-12H,13,22H2. The SMILES string of the molecule is Nc1ccc2nc(SCC(=O)c3ccc(-c4ccccc4)cc3)sc2c1. The zero-order valence-electron chi connectivity index (χ0n) is 13.9. The van der Waals surface area contributed by atoms with Crippen LogP contribution in [-0.2, 0) is 0 Å². The second-order valence-corrected chi connectivity index (χ2v) is 8.12. The average molecular weight is 377 g/mol. The van der Waals surface area contributed by atoms with Crippen molar-refractivity contribution in [1.29, 1.82) is 0 Å². The highest BCUT2D eigenvalue weighted by Gasteiger charge is 2.10. The number of thioether (sulfide) groups is 1. The molecule has 0 bridgehead atoms. The van der Waals surface area contributed by atoms with E-state index in [4.69, 9.17) is 5.73 Å². The van der Waals surface area contributed by atoms with Crippen LogP contribution < -0.4 is 5.73 Å². The van der Waals surface area contributed by atoms with Crippen molar-refractivity contribution in [2.75, 3.05) is 11.5 Å². The molecule has 0 saturated carbocycles. The Bertz CT molecular complexity index is 1060. The van der Waals surface area contributed by atoms with Crippen LogP contribution in [0.5, 0.6) is 0 Å². The minimum absolute atomic E-state index is 0.105. The first-order valence-electron chi connectivity index (χ1n) is 8.16. The number of Topliss-reactive ketones (excluding diaryl/α,β-unsaturated/α-hetero) is 1. The molecule has 128 valence electrons. The highest BCUT2D eigenvalue weighted by atomic mass is 32.2. The third kappa shape index (κ3) is 3.64. The van der Waals surface area contributed by atoms with Crippen molar-refractivity contribution in [1.82, 2.24) is 4.98 Å². The van der Waals surface area contributed by atoms with Crippen molar-refractivity contribution < 1.29 is 4.79 Å². The van der Waals surface area contributed by atoms with E-state index in [1.165, 1.54) is 11.8 Å². The fourth-order valence-electron chi connectivity index (χ4n) is 2.67. The summed E-state index contributed by atoms with van der Waals surface area (Å²) in [5.74, 6) is 0.480. The van der Waals surface area contributed by atoms with Crippen molar-refractivity contribution in [3.8, 4) is 11.1 Å². The minimum Gasteiger partial charge on any atom is -0.399 e. The number of nitrogen functional groups attached to an aromatic ring is 1. The molecule has 0 aliphatic rings. The van der Waals surface area contributed by atoms with E-state index in [2.05, 4.69) is 17.1 Å². The molecule has 4 aromatic rings. The summed E-state index contributed by atoms with van der Waals surface area (Å²) in [6, 6.07) is 23.6. The molecule has 0 aliphatic heterocycles. The molecule has 5 heteroatoms. The Morgan fingerprint density at radius 3 is 2.46 bits per heavy atom. The number of carbonyl (C=O) groups is 1. The van der Waals surface area contributed by atoms with Gasteiger partial charge in [0.2, 0.25) is 0 Å². The molecular weight excluding hydrogens is 360 g/mol. The third-order valence-electron chi connectivity index (χ3n) is 4.03. The molecule has 0 fully saturated rings. The molecule has 0 unspecified atom stereocenters. The highest BCUT2D eigenvalue weighted by Crippen LogP contribution is 2.31. The van der Waals surface area contributed by atoms with Crippen LogP contribution in [0.3, 0.4) is 0 Å². The molecule has 3 aromatic carbocycles. The molecule has 1 heterocycles. The van der Waals surface area contributed by atoms with Gasteiger partial charge in [-0.1, -0.05) is 66.4 Å². The van der Waals surface area contributed by atoms with Crippen molar-refractivity contribution in [2.45, 2.75) is 4.34 Å². The summed E-state index contributed by atoms with van der Waals surface area (Å²) in [6.07, 6.45) is 0. The number of benzene rings is 3. The van der Waals surface area contributed by atoms with Gasteiger partial charge in [0, 0.05) is 11.3 Å². The Kier molecular flexibility index (Phi) is 4.73. The molecule has 1 aromatic heterocycles. The second-order valence-electron chi connectivity index (χ2n) is 5.86. The van der Waals surface area contributed by atoms with Crippen LogP contribution in [0.4, 0.5) is 5.69 Å². The quantitative estimate of drug-likeness (QED) is 0.283. The predicted molar refractivity (Wildman–Crippen MR) is 111 cm³/mol. The van der Waals surface area contributed by atoms with Gasteiger partial charge < -0.3 is 5.73 Å². The van der Waals surface area contributed by atoms with E-state index in [0.29, 0.717) is 5.75 Å². The van der Waals surface area contributed by atoms with Crippen LogP contribution in [-0.4, -0.2) is 16.5 Å². The van der Waals surface area contributed by atoms with Gasteiger partial charge in [0.05, 0.1) is 16.0 Å². The van der Waals surface area contributed by atoms with Gasteiger partial charge >= 0.3 is 0 Å². The molecule has 3 nitrogen and oxygen atoms in total. The van der Waals surface area contributed by atoms with E-state index in [9.17, 15) is 4.79 Å². The van der Waals surface area contributed by atoms with Gasteiger partial charge in [0.1, 0.15) is 0 Å². The van der Waals surface area contributed by atoms with Gasteiger partial charge in [-0.05, 0) is 29.3 Å². The Morgan fingerprint density at radius 2 is 1.69 bits per heavy atom. The van der Waals surface area contributed by atoms with Crippen LogP contribution in [0.2, 0.25) is 0 Å². The van der Waals surface area contributed by atoms with Gasteiger partial charge in [0.15, 0.2) is 10.1 Å². The molecule has 0 aliphatic carbocycles. The Morgan fingerprint density at radius 1 is 0.962 bits per heavy atom. The van der Waals surface area contributed by atoms with Crippen LogP contribution in [0.15, 0.2) is 77.1 Å². The zero-order valence-corrected chi connectivity index (χ0v) is 15.5. The first-order chi connectivity index (χ1) is 12.7. The van der Waals surface area contributed by atoms with Crippen molar-refractivity contribution >= 4 is 44.8 Å². The predicted octanol–water partition coefficient (Wildman–Crippen LogP) is 5.52. The summed E-state index contributed by atoms with van der Waals surface area (Å²) in [5, 5.41) is 0. The summed E-state index contributed by atoms with van der Waals surface area (Å²) in [7, 11) is 0. The molecule has 0 atom stereocenters. The number of thiazole rings is 1. The third-order valence-corrected chi connectivity index (χ3v) is 6.19. The maximum absolute atomic E-state index is 12.5. The summed E-state index contributed by atoms with van der Waals surface area (Å²) in [4.78, 5) is 17.0. The van der Waals surface area contributed by atoms with Crippen molar-refractivity contribution in [3.05, 3.63) is 78.4 Å². The van der Waals surface area contributed by atoms with Gasteiger partial charge in [0.25, 0.3) is 0 Å². The first kappa shape index (κ1) is 16.8. The van der Waals surface area contributed by atoms with Gasteiger partial charge in [-0.25, -0.2) is 4.98 Å². The van der Waals surface area contributed by atoms with Crippen molar-refractivity contribution in [3.63, 3.8) is 0 Å². The van der Waals surface area contributed by atoms with Crippen molar-refractivity contribution in [2.24, 2.45) is 0 Å². The number of nitrogens with zero attached hydrogens (tertiary/aromatic N) is 1. The number of hydrogen-bond donors (Lipinski definition) is 1. The maximum Gasteiger partial charge on any atom is 0.173 e. The number of ketones is 1. The molecule has 26 heavy (non-hydrogen) atoms. The first-order valence-corrected chi connectivity index (χ1v) is 9.97. The monoisotopic (exact) mass is 376 g/mol. The number of carbonyl (C=O) groups excluding carboxylic acids is 1. The number of anilines is 1. The van der Waals surface area contributed by atoms with Crippen LogP contribution in [0, 0.1) is 0 Å². The molecule has 4 rings (SSSR count). The van der Waals surface area contributed by atoms with E-state index >= 15 is 0 Å². The lowest BCUT2D eigenvalue weighted by atomic mass is 10.0. The molecular formula is C21H16N2OS2. The zero-order chi connectivity index (χ0) is 17.9. The average Bonchev–Trinajstić information content (AvgIpc) is 3.09. The normalized spacial score (nSPS) is 10.9. The second kappa shape index (κ2) is 7.32. The largest absolute Gasteiger partial charge is 0.399 e. The lowest BCUT2D eigenvalue weighted by molar-refractivity contribution is 0.102. The van der Waals surface area contributed by atoms with E-state index in [1.54, 1.807) is 11.3 Å². The summed E-state index contributed by atoms with van der Waals surface area (Å²) in [5.41, 5.74) is 10.4. The van der Waals surface area contributed by atoms with Gasteiger partial charge in [-0.2, -0.15) is 0 Å². The molecule has 0 radical (unpaired) electrons. The smallest absolute Gasteiger partial charge is 0.173 e. The number of nitrogens with two attached hydrogens (primary N) is 1. The van der Waals surface area contributed by atoms with Crippen LogP contribution in [0.25, 0.3) is 21.3 Å². The van der Waals surface area contributed by atoms with Gasteiger partial charge in [-0.15, -0.1) is 11.3 Å². The fraction of sp³-hybridized carbons (Fsp3) is 0.0476. The van der Waals surface area contributed by atoms with E-state index < -0.39 is 0 Å². The summed E-state index contributed by atoms with van der Waals surface area (Å²) >= 11 is 3.04. The van der Waals surface area contributed by atoms with E-state index in [1.807, 2.05) is 60.7 Å². The molecule has 0 amide bonds. The van der Waals surface area contributed by atoms with E-state index in [0.717, 1.165) is 36.9 Å². The minimum atomic E-state index is 0.105. The number of aromatic nitrogens is 1. The molecule has 0 spiro atoms. The van der Waals surface area contributed by atoms with Crippen LogP contribution in [0.1, 0.15) is 10.4 Å². The number of rotatable bonds is 5. The number of hydrogen-bond acceptors (Lipinski definition) is 5. The molecule has 0 saturated heterocycles. The Balaban J connectivity index is 1.44. The lowest BCUT2D eigenvalue weighted by Crippen LogP contribution is -2.01. The van der Waals surface area contributed by atoms with E-state index in [-0.39, 0.29) is 5.78 Å². The fourth-order valence-corrected chi connectivity index (χ4v) is 4.68. The van der Waals surface area contributed by atoms with Crippen LogP contribution >= 0.6 is 23.1 Å². The lowest BCUT2D eigenvalue weighted by Gasteiger charge is -2.03. The summed E-state index contributed by atoms with van der Waals surface area (Å²) in [6.45, 7) is 0. The summed E-state index contributed by atoms with van der Waals surface area (Å²) < 4.78 is 1.94.